The molecule has 0 radical (unpaired) electrons. The van der Waals surface area contributed by atoms with Crippen molar-refractivity contribution in [2.75, 3.05) is 13.1 Å². The van der Waals surface area contributed by atoms with Gasteiger partial charge in [0, 0.05) is 23.9 Å². The van der Waals surface area contributed by atoms with Crippen molar-refractivity contribution in [1.29, 1.82) is 0 Å². The van der Waals surface area contributed by atoms with Crippen molar-refractivity contribution in [3.63, 3.8) is 0 Å². The molecule has 0 bridgehead atoms. The molecule has 0 unspecified atom stereocenters. The summed E-state index contributed by atoms with van der Waals surface area (Å²) in [5.41, 5.74) is 0. The maximum Gasteiger partial charge on any atom is 0.220 e. The number of carbonyl (C=O) groups is 1. The van der Waals surface area contributed by atoms with E-state index < -0.39 is 0 Å². The van der Waals surface area contributed by atoms with Crippen LogP contribution in [0.25, 0.3) is 0 Å². The molecular weight excluding hydrogens is 244 g/mol. The van der Waals surface area contributed by atoms with E-state index in [-0.39, 0.29) is 5.91 Å². The van der Waals surface area contributed by atoms with Crippen LogP contribution in [0.5, 0.6) is 0 Å². The van der Waals surface area contributed by atoms with E-state index in [9.17, 15) is 4.79 Å². The van der Waals surface area contributed by atoms with Gasteiger partial charge in [0.15, 0.2) is 0 Å². The van der Waals surface area contributed by atoms with Gasteiger partial charge in [-0.05, 0) is 50.1 Å². The van der Waals surface area contributed by atoms with Crippen LogP contribution in [0.15, 0.2) is 17.5 Å². The Morgan fingerprint density at radius 3 is 3.22 bits per heavy atom. The van der Waals surface area contributed by atoms with E-state index in [1.54, 1.807) is 11.3 Å². The highest BCUT2D eigenvalue weighted by atomic mass is 32.1. The average molecular weight is 266 g/mol. The number of nitrogens with one attached hydrogen (secondary N) is 2. The Bertz CT molecular complexity index is 345. The summed E-state index contributed by atoms with van der Waals surface area (Å²) in [5.74, 6) is 0.199. The Hall–Kier alpha value is -0.870. The summed E-state index contributed by atoms with van der Waals surface area (Å²) in [6.07, 6.45) is 6.23. The van der Waals surface area contributed by atoms with Crippen molar-refractivity contribution in [2.24, 2.45) is 0 Å². The molecule has 3 nitrogen and oxygen atoms in total. The molecule has 1 aliphatic rings. The summed E-state index contributed by atoms with van der Waals surface area (Å²) >= 11 is 1.77. The Morgan fingerprint density at radius 1 is 1.56 bits per heavy atom. The standard InChI is InChI=1S/C14H22N2OS/c17-14(7-1-5-13-6-3-11-18-13)16-10-8-12-4-2-9-15-12/h3,6,11-12,15H,1-2,4-5,7-10H2,(H,16,17)/t12-/m1/s1. The molecule has 0 saturated carbocycles. The van der Waals surface area contributed by atoms with Gasteiger partial charge in [0.25, 0.3) is 0 Å². The molecule has 2 heterocycles. The Labute approximate surface area is 113 Å². The zero-order chi connectivity index (χ0) is 12.6. The average Bonchev–Trinajstić information content (AvgIpc) is 3.01. The van der Waals surface area contributed by atoms with Crippen LogP contribution in [0, 0.1) is 0 Å². The highest BCUT2D eigenvalue weighted by molar-refractivity contribution is 7.09. The molecule has 1 atom stereocenters. The van der Waals surface area contributed by atoms with Crippen LogP contribution in [0.4, 0.5) is 0 Å². The first-order valence-electron chi connectivity index (χ1n) is 6.87. The number of hydrogen-bond donors (Lipinski definition) is 2. The molecule has 18 heavy (non-hydrogen) atoms. The van der Waals surface area contributed by atoms with Gasteiger partial charge in [-0.15, -0.1) is 11.3 Å². The van der Waals surface area contributed by atoms with Gasteiger partial charge in [0.1, 0.15) is 0 Å². The molecule has 1 aromatic heterocycles. The van der Waals surface area contributed by atoms with Crippen LogP contribution in [0.2, 0.25) is 0 Å². The molecule has 2 rings (SSSR count). The fourth-order valence-electron chi connectivity index (χ4n) is 2.36. The number of amides is 1. The predicted molar refractivity (Wildman–Crippen MR) is 75.9 cm³/mol. The molecule has 4 heteroatoms. The molecule has 100 valence electrons. The van der Waals surface area contributed by atoms with Crippen LogP contribution in [0.3, 0.4) is 0 Å². The summed E-state index contributed by atoms with van der Waals surface area (Å²) < 4.78 is 0. The SMILES string of the molecule is O=C(CCCc1cccs1)NCC[C@H]1CCCN1. The second-order valence-electron chi connectivity index (χ2n) is 4.86. The fraction of sp³-hybridized carbons (Fsp3) is 0.643. The van der Waals surface area contributed by atoms with Gasteiger partial charge in [-0.3, -0.25) is 4.79 Å². The van der Waals surface area contributed by atoms with Crippen molar-refractivity contribution < 1.29 is 4.79 Å². The van der Waals surface area contributed by atoms with Gasteiger partial charge in [-0.2, -0.15) is 0 Å². The van der Waals surface area contributed by atoms with Crippen LogP contribution in [-0.2, 0) is 11.2 Å². The topological polar surface area (TPSA) is 41.1 Å². The number of thiophene rings is 1. The van der Waals surface area contributed by atoms with Crippen LogP contribution in [0.1, 0.15) is 37.0 Å². The minimum atomic E-state index is 0.199. The van der Waals surface area contributed by atoms with Gasteiger partial charge in [-0.1, -0.05) is 6.07 Å². The van der Waals surface area contributed by atoms with E-state index in [2.05, 4.69) is 28.1 Å². The molecule has 2 N–H and O–H groups in total. The van der Waals surface area contributed by atoms with Crippen molar-refractivity contribution >= 4 is 17.2 Å². The summed E-state index contributed by atoms with van der Waals surface area (Å²) in [4.78, 5) is 13.0. The van der Waals surface area contributed by atoms with E-state index in [0.29, 0.717) is 12.5 Å². The van der Waals surface area contributed by atoms with Crippen LogP contribution >= 0.6 is 11.3 Å². The summed E-state index contributed by atoms with van der Waals surface area (Å²) in [5, 5.41) is 8.54. The monoisotopic (exact) mass is 266 g/mol. The van der Waals surface area contributed by atoms with E-state index in [0.717, 1.165) is 32.4 Å². The molecule has 1 aliphatic heterocycles. The van der Waals surface area contributed by atoms with Crippen LogP contribution < -0.4 is 10.6 Å². The van der Waals surface area contributed by atoms with Gasteiger partial charge in [-0.25, -0.2) is 0 Å². The molecule has 0 spiro atoms. The van der Waals surface area contributed by atoms with Crippen molar-refractivity contribution in [1.82, 2.24) is 10.6 Å². The molecule has 1 amide bonds. The lowest BCUT2D eigenvalue weighted by atomic mass is 10.1. The normalized spacial score (nSPS) is 19.0. The molecule has 1 aromatic rings. The van der Waals surface area contributed by atoms with E-state index in [1.165, 1.54) is 17.7 Å². The fourth-order valence-corrected chi connectivity index (χ4v) is 3.11. The van der Waals surface area contributed by atoms with Gasteiger partial charge >= 0.3 is 0 Å². The third-order valence-corrected chi connectivity index (χ3v) is 4.32. The number of hydrogen-bond acceptors (Lipinski definition) is 3. The third kappa shape index (κ3) is 4.78. The summed E-state index contributed by atoms with van der Waals surface area (Å²) in [6, 6.07) is 4.82. The lowest BCUT2D eigenvalue weighted by Crippen LogP contribution is -2.30. The highest BCUT2D eigenvalue weighted by Crippen LogP contribution is 2.12. The van der Waals surface area contributed by atoms with E-state index >= 15 is 0 Å². The largest absolute Gasteiger partial charge is 0.356 e. The second kappa shape index (κ2) is 7.54. The van der Waals surface area contributed by atoms with Gasteiger partial charge < -0.3 is 10.6 Å². The molecule has 1 saturated heterocycles. The number of carbonyl (C=O) groups excluding carboxylic acids is 1. The summed E-state index contributed by atoms with van der Waals surface area (Å²) in [7, 11) is 0. The van der Waals surface area contributed by atoms with E-state index in [1.807, 2.05) is 0 Å². The first kappa shape index (κ1) is 13.6. The second-order valence-corrected chi connectivity index (χ2v) is 5.90. The quantitative estimate of drug-likeness (QED) is 0.795. The number of rotatable bonds is 7. The molecule has 0 aromatic carbocycles. The zero-order valence-electron chi connectivity index (χ0n) is 10.8. The maximum absolute atomic E-state index is 11.6. The highest BCUT2D eigenvalue weighted by Gasteiger charge is 2.13. The van der Waals surface area contributed by atoms with Crippen molar-refractivity contribution in [3.05, 3.63) is 22.4 Å². The van der Waals surface area contributed by atoms with Crippen LogP contribution in [-0.4, -0.2) is 25.0 Å². The third-order valence-electron chi connectivity index (χ3n) is 3.38. The molecule has 1 fully saturated rings. The minimum Gasteiger partial charge on any atom is -0.356 e. The van der Waals surface area contributed by atoms with Gasteiger partial charge in [0.05, 0.1) is 0 Å². The molecular formula is C14H22N2OS. The molecule has 0 aliphatic carbocycles. The smallest absolute Gasteiger partial charge is 0.220 e. The maximum atomic E-state index is 11.6. The number of aryl methyl sites for hydroxylation is 1. The first-order valence-corrected chi connectivity index (χ1v) is 7.75. The first-order chi connectivity index (χ1) is 8.84. The lowest BCUT2D eigenvalue weighted by Gasteiger charge is -2.10. The minimum absolute atomic E-state index is 0.199. The Kier molecular flexibility index (Phi) is 5.68. The van der Waals surface area contributed by atoms with Crippen molar-refractivity contribution in [2.45, 2.75) is 44.6 Å². The summed E-state index contributed by atoms with van der Waals surface area (Å²) in [6.45, 7) is 1.95. The van der Waals surface area contributed by atoms with Gasteiger partial charge in [0.2, 0.25) is 5.91 Å². The Balaban J connectivity index is 1.49. The predicted octanol–water partition coefficient (Wildman–Crippen LogP) is 2.33. The van der Waals surface area contributed by atoms with E-state index in [4.69, 9.17) is 0 Å². The zero-order valence-corrected chi connectivity index (χ0v) is 11.6. The van der Waals surface area contributed by atoms with Crippen molar-refractivity contribution in [3.8, 4) is 0 Å². The Morgan fingerprint density at radius 2 is 2.50 bits per heavy atom. The lowest BCUT2D eigenvalue weighted by molar-refractivity contribution is -0.121.